The SMILES string of the molecule is NCC1CC(=O)N(C2CCN(C3CCCCC3)C2)C1. The van der Waals surface area contributed by atoms with Gasteiger partial charge in [0.25, 0.3) is 0 Å². The third-order valence-corrected chi connectivity index (χ3v) is 5.30. The van der Waals surface area contributed by atoms with E-state index in [0.717, 1.165) is 19.1 Å². The van der Waals surface area contributed by atoms with E-state index in [2.05, 4.69) is 9.80 Å². The molecule has 0 aromatic heterocycles. The van der Waals surface area contributed by atoms with Gasteiger partial charge in [0.05, 0.1) is 0 Å². The molecule has 3 aliphatic rings. The fourth-order valence-electron chi connectivity index (χ4n) is 4.12. The van der Waals surface area contributed by atoms with Gasteiger partial charge in [-0.15, -0.1) is 0 Å². The molecule has 2 N–H and O–H groups in total. The summed E-state index contributed by atoms with van der Waals surface area (Å²) in [5.41, 5.74) is 5.71. The summed E-state index contributed by atoms with van der Waals surface area (Å²) >= 11 is 0. The van der Waals surface area contributed by atoms with Crippen molar-refractivity contribution in [1.29, 1.82) is 0 Å². The molecule has 3 fully saturated rings. The maximum absolute atomic E-state index is 12.1. The summed E-state index contributed by atoms with van der Waals surface area (Å²) in [6.45, 7) is 3.85. The second-order valence-electron chi connectivity index (χ2n) is 6.58. The van der Waals surface area contributed by atoms with Crippen LogP contribution in [0.25, 0.3) is 0 Å². The van der Waals surface area contributed by atoms with E-state index >= 15 is 0 Å². The van der Waals surface area contributed by atoms with E-state index in [-0.39, 0.29) is 0 Å². The van der Waals surface area contributed by atoms with Crippen molar-refractivity contribution in [2.24, 2.45) is 11.7 Å². The molecule has 2 saturated heterocycles. The molecule has 4 nitrogen and oxygen atoms in total. The highest BCUT2D eigenvalue weighted by Gasteiger charge is 2.38. The van der Waals surface area contributed by atoms with Crippen LogP contribution in [0.2, 0.25) is 0 Å². The van der Waals surface area contributed by atoms with Gasteiger partial charge in [-0.25, -0.2) is 0 Å². The average Bonchev–Trinajstić information content (AvgIpc) is 3.06. The molecule has 0 spiro atoms. The van der Waals surface area contributed by atoms with Crippen LogP contribution in [0.3, 0.4) is 0 Å². The van der Waals surface area contributed by atoms with E-state index in [1.54, 1.807) is 0 Å². The Hall–Kier alpha value is -0.610. The highest BCUT2D eigenvalue weighted by molar-refractivity contribution is 5.79. The number of carbonyl (C=O) groups excluding carboxylic acids is 1. The molecule has 2 unspecified atom stereocenters. The summed E-state index contributed by atoms with van der Waals surface area (Å²) in [6.07, 6.45) is 8.78. The van der Waals surface area contributed by atoms with Crippen LogP contribution in [0.1, 0.15) is 44.9 Å². The lowest BCUT2D eigenvalue weighted by Gasteiger charge is -2.32. The standard InChI is InChI=1S/C15H27N3O/c16-9-12-8-15(19)18(10-12)14-6-7-17(11-14)13-4-2-1-3-5-13/h12-14H,1-11,16H2. The van der Waals surface area contributed by atoms with Gasteiger partial charge in [-0.3, -0.25) is 9.69 Å². The third-order valence-electron chi connectivity index (χ3n) is 5.30. The minimum Gasteiger partial charge on any atom is -0.338 e. The van der Waals surface area contributed by atoms with E-state index in [0.29, 0.717) is 30.8 Å². The molecule has 0 bridgehead atoms. The quantitative estimate of drug-likeness (QED) is 0.834. The van der Waals surface area contributed by atoms with Crippen LogP contribution in [-0.2, 0) is 4.79 Å². The van der Waals surface area contributed by atoms with Gasteiger partial charge < -0.3 is 10.6 Å². The lowest BCUT2D eigenvalue weighted by Crippen LogP contribution is -2.41. The first-order chi connectivity index (χ1) is 9.28. The van der Waals surface area contributed by atoms with Gasteiger partial charge in [-0.05, 0) is 31.7 Å². The Morgan fingerprint density at radius 3 is 2.53 bits per heavy atom. The number of amides is 1. The van der Waals surface area contributed by atoms with E-state index in [4.69, 9.17) is 5.73 Å². The maximum Gasteiger partial charge on any atom is 0.223 e. The number of carbonyl (C=O) groups is 1. The highest BCUT2D eigenvalue weighted by atomic mass is 16.2. The van der Waals surface area contributed by atoms with E-state index < -0.39 is 0 Å². The molecule has 0 aromatic carbocycles. The monoisotopic (exact) mass is 265 g/mol. The predicted molar refractivity (Wildman–Crippen MR) is 75.7 cm³/mol. The van der Waals surface area contributed by atoms with Gasteiger partial charge in [-0.2, -0.15) is 0 Å². The van der Waals surface area contributed by atoms with Crippen LogP contribution in [0.4, 0.5) is 0 Å². The fraction of sp³-hybridized carbons (Fsp3) is 0.933. The number of nitrogens with zero attached hydrogens (tertiary/aromatic N) is 2. The number of hydrogen-bond acceptors (Lipinski definition) is 3. The largest absolute Gasteiger partial charge is 0.338 e. The maximum atomic E-state index is 12.1. The van der Waals surface area contributed by atoms with Crippen molar-refractivity contribution in [1.82, 2.24) is 9.80 Å². The molecule has 3 rings (SSSR count). The number of rotatable bonds is 3. The minimum atomic E-state index is 0.339. The molecule has 4 heteroatoms. The lowest BCUT2D eigenvalue weighted by molar-refractivity contribution is -0.129. The molecular weight excluding hydrogens is 238 g/mol. The molecule has 108 valence electrons. The summed E-state index contributed by atoms with van der Waals surface area (Å²) in [5, 5.41) is 0. The Labute approximate surface area is 116 Å². The zero-order chi connectivity index (χ0) is 13.2. The van der Waals surface area contributed by atoms with Crippen LogP contribution in [0.5, 0.6) is 0 Å². The van der Waals surface area contributed by atoms with Gasteiger partial charge in [0.1, 0.15) is 0 Å². The van der Waals surface area contributed by atoms with Crippen molar-refractivity contribution in [3.63, 3.8) is 0 Å². The first-order valence-corrected chi connectivity index (χ1v) is 8.01. The second kappa shape index (κ2) is 5.80. The average molecular weight is 265 g/mol. The van der Waals surface area contributed by atoms with Gasteiger partial charge >= 0.3 is 0 Å². The van der Waals surface area contributed by atoms with Crippen molar-refractivity contribution in [2.75, 3.05) is 26.2 Å². The number of hydrogen-bond donors (Lipinski definition) is 1. The Kier molecular flexibility index (Phi) is 4.08. The minimum absolute atomic E-state index is 0.339. The normalized spacial score (nSPS) is 34.4. The van der Waals surface area contributed by atoms with Crippen molar-refractivity contribution < 1.29 is 4.79 Å². The summed E-state index contributed by atoms with van der Waals surface area (Å²) in [4.78, 5) is 16.8. The zero-order valence-corrected chi connectivity index (χ0v) is 11.9. The van der Waals surface area contributed by atoms with Crippen LogP contribution in [-0.4, -0.2) is 54.0 Å². The molecule has 19 heavy (non-hydrogen) atoms. The summed E-state index contributed by atoms with van der Waals surface area (Å²) in [7, 11) is 0. The molecule has 1 saturated carbocycles. The van der Waals surface area contributed by atoms with Gasteiger partial charge in [0.15, 0.2) is 0 Å². The summed E-state index contributed by atoms with van der Waals surface area (Å²) in [6, 6.07) is 1.26. The first kappa shape index (κ1) is 13.4. The third kappa shape index (κ3) is 2.79. The van der Waals surface area contributed by atoms with Crippen molar-refractivity contribution in [3.8, 4) is 0 Å². The Balaban J connectivity index is 1.55. The van der Waals surface area contributed by atoms with Crippen molar-refractivity contribution in [3.05, 3.63) is 0 Å². The first-order valence-electron chi connectivity index (χ1n) is 8.01. The smallest absolute Gasteiger partial charge is 0.223 e. The molecule has 2 heterocycles. The molecule has 2 atom stereocenters. The van der Waals surface area contributed by atoms with Crippen LogP contribution in [0, 0.1) is 5.92 Å². The lowest BCUT2D eigenvalue weighted by atomic mass is 9.94. The summed E-state index contributed by atoms with van der Waals surface area (Å²) in [5.74, 6) is 0.738. The highest BCUT2D eigenvalue weighted by Crippen LogP contribution is 2.29. The van der Waals surface area contributed by atoms with E-state index in [1.807, 2.05) is 0 Å². The fourth-order valence-corrected chi connectivity index (χ4v) is 4.12. The topological polar surface area (TPSA) is 49.6 Å². The molecule has 1 aliphatic carbocycles. The second-order valence-corrected chi connectivity index (χ2v) is 6.58. The summed E-state index contributed by atoms with van der Waals surface area (Å²) < 4.78 is 0. The van der Waals surface area contributed by atoms with Gasteiger partial charge in [0, 0.05) is 38.1 Å². The van der Waals surface area contributed by atoms with E-state index in [9.17, 15) is 4.79 Å². The van der Waals surface area contributed by atoms with Crippen LogP contribution < -0.4 is 5.73 Å². The Morgan fingerprint density at radius 2 is 1.84 bits per heavy atom. The van der Waals surface area contributed by atoms with Gasteiger partial charge in [-0.1, -0.05) is 19.3 Å². The van der Waals surface area contributed by atoms with Crippen LogP contribution in [0.15, 0.2) is 0 Å². The predicted octanol–water partition coefficient (Wildman–Crippen LogP) is 1.20. The molecule has 2 aliphatic heterocycles. The molecule has 1 amide bonds. The van der Waals surface area contributed by atoms with Gasteiger partial charge in [0.2, 0.25) is 5.91 Å². The molecule has 0 radical (unpaired) electrons. The molecule has 0 aromatic rings. The van der Waals surface area contributed by atoms with Crippen molar-refractivity contribution in [2.45, 2.75) is 57.0 Å². The van der Waals surface area contributed by atoms with Crippen molar-refractivity contribution >= 4 is 5.91 Å². The van der Waals surface area contributed by atoms with E-state index in [1.165, 1.54) is 45.1 Å². The zero-order valence-electron chi connectivity index (χ0n) is 11.9. The van der Waals surface area contributed by atoms with Crippen LogP contribution >= 0.6 is 0 Å². The number of likely N-dealkylation sites (tertiary alicyclic amines) is 2. The Morgan fingerprint density at radius 1 is 1.05 bits per heavy atom. The number of nitrogens with two attached hydrogens (primary N) is 1. The molecular formula is C15H27N3O. The Bertz CT molecular complexity index is 327.